The summed E-state index contributed by atoms with van der Waals surface area (Å²) in [7, 11) is 1.64. The quantitative estimate of drug-likeness (QED) is 0.295. The number of nitrogens with zero attached hydrogens (tertiary/aromatic N) is 4. The Bertz CT molecular complexity index is 1160. The van der Waals surface area contributed by atoms with Gasteiger partial charge in [0, 0.05) is 33.1 Å². The number of anilines is 1. The molecule has 2 aromatic heterocycles. The lowest BCUT2D eigenvalue weighted by molar-refractivity contribution is -0.161. The third-order valence-electron chi connectivity index (χ3n) is 5.46. The van der Waals surface area contributed by atoms with Gasteiger partial charge in [-0.25, -0.2) is 4.98 Å². The Morgan fingerprint density at radius 1 is 1.12 bits per heavy atom. The zero-order valence-corrected chi connectivity index (χ0v) is 20.5. The first-order valence-electron chi connectivity index (χ1n) is 11.5. The molecule has 0 radical (unpaired) electrons. The molecule has 3 rings (SSSR count). The lowest BCUT2D eigenvalue weighted by Crippen LogP contribution is -2.36. The van der Waals surface area contributed by atoms with Crippen LogP contribution >= 0.6 is 0 Å². The molecule has 184 valence electrons. The van der Waals surface area contributed by atoms with Crippen molar-refractivity contribution in [2.45, 2.75) is 59.0 Å². The molecule has 1 aromatic carbocycles. The van der Waals surface area contributed by atoms with Gasteiger partial charge in [-0.15, -0.1) is 10.2 Å². The summed E-state index contributed by atoms with van der Waals surface area (Å²) in [6.07, 6.45) is 2.79. The van der Waals surface area contributed by atoms with Crippen LogP contribution in [0.1, 0.15) is 52.3 Å². The SMILES string of the molecule is COCCOc1ccc2c(c1)nc(NCCCCCC(=O)C(C)(C)OC(C)=O)c1nnc(C)n12. The van der Waals surface area contributed by atoms with Gasteiger partial charge in [0.2, 0.25) is 5.65 Å². The first kappa shape index (κ1) is 25.4. The monoisotopic (exact) mass is 471 g/mol. The van der Waals surface area contributed by atoms with Crippen molar-refractivity contribution in [3.8, 4) is 5.75 Å². The minimum Gasteiger partial charge on any atom is -0.491 e. The molecule has 0 spiro atoms. The predicted octanol–water partition coefficient (Wildman–Crippen LogP) is 3.49. The number of aromatic nitrogens is 4. The molecule has 0 atom stereocenters. The molecular formula is C24H33N5O5. The van der Waals surface area contributed by atoms with Gasteiger partial charge in [-0.3, -0.25) is 14.0 Å². The zero-order valence-electron chi connectivity index (χ0n) is 20.5. The molecule has 10 nitrogen and oxygen atoms in total. The highest BCUT2D eigenvalue weighted by Crippen LogP contribution is 2.25. The number of benzene rings is 1. The highest BCUT2D eigenvalue weighted by Gasteiger charge is 2.29. The molecule has 0 saturated carbocycles. The highest BCUT2D eigenvalue weighted by molar-refractivity contribution is 5.88. The predicted molar refractivity (Wildman–Crippen MR) is 128 cm³/mol. The van der Waals surface area contributed by atoms with E-state index in [2.05, 4.69) is 15.5 Å². The molecule has 0 aliphatic heterocycles. The molecule has 10 heteroatoms. The second kappa shape index (κ2) is 11.2. The fraction of sp³-hybridized carbons (Fsp3) is 0.542. The van der Waals surface area contributed by atoms with E-state index in [9.17, 15) is 9.59 Å². The van der Waals surface area contributed by atoms with E-state index in [0.717, 1.165) is 41.9 Å². The molecule has 0 bridgehead atoms. The number of Topliss-reactive ketones (excluding diaryl/α,β-unsaturated/α-hetero) is 1. The second-order valence-electron chi connectivity index (χ2n) is 8.62. The van der Waals surface area contributed by atoms with Crippen LogP contribution in [0.15, 0.2) is 18.2 Å². The Morgan fingerprint density at radius 3 is 2.65 bits per heavy atom. The molecule has 0 aliphatic rings. The summed E-state index contributed by atoms with van der Waals surface area (Å²) in [5.41, 5.74) is 1.25. The number of carbonyl (C=O) groups excluding carboxylic acids is 2. The lowest BCUT2D eigenvalue weighted by Gasteiger charge is -2.22. The van der Waals surface area contributed by atoms with Crippen molar-refractivity contribution in [2.75, 3.05) is 32.2 Å². The normalized spacial score (nSPS) is 11.7. The van der Waals surface area contributed by atoms with Gasteiger partial charge in [0.25, 0.3) is 0 Å². The number of methoxy groups -OCH3 is 1. The van der Waals surface area contributed by atoms with Crippen molar-refractivity contribution < 1.29 is 23.8 Å². The van der Waals surface area contributed by atoms with Crippen LogP contribution < -0.4 is 10.1 Å². The third kappa shape index (κ3) is 6.19. The summed E-state index contributed by atoms with van der Waals surface area (Å²) < 4.78 is 17.8. The number of fused-ring (bicyclic) bond motifs is 3. The second-order valence-corrected chi connectivity index (χ2v) is 8.62. The van der Waals surface area contributed by atoms with Gasteiger partial charge in [-0.2, -0.15) is 0 Å². The van der Waals surface area contributed by atoms with Crippen molar-refractivity contribution in [3.63, 3.8) is 0 Å². The average molecular weight is 472 g/mol. The molecule has 34 heavy (non-hydrogen) atoms. The molecule has 0 amide bonds. The van der Waals surface area contributed by atoms with E-state index in [4.69, 9.17) is 19.2 Å². The van der Waals surface area contributed by atoms with Crippen LogP contribution in [0.25, 0.3) is 16.7 Å². The van der Waals surface area contributed by atoms with Gasteiger partial charge in [-0.05, 0) is 45.7 Å². The number of ketones is 1. The van der Waals surface area contributed by atoms with Gasteiger partial charge in [0.15, 0.2) is 17.2 Å². The van der Waals surface area contributed by atoms with Crippen molar-refractivity contribution in [1.82, 2.24) is 19.6 Å². The molecule has 2 heterocycles. The molecule has 0 fully saturated rings. The minimum atomic E-state index is -1.08. The Labute approximate surface area is 199 Å². The fourth-order valence-electron chi connectivity index (χ4n) is 3.72. The van der Waals surface area contributed by atoms with Crippen LogP contribution in [0, 0.1) is 6.92 Å². The summed E-state index contributed by atoms with van der Waals surface area (Å²) in [4.78, 5) is 28.2. The lowest BCUT2D eigenvalue weighted by atomic mass is 9.98. The Morgan fingerprint density at radius 2 is 1.91 bits per heavy atom. The van der Waals surface area contributed by atoms with Crippen LogP contribution in [0.3, 0.4) is 0 Å². The molecule has 3 aromatic rings. The average Bonchev–Trinajstić information content (AvgIpc) is 3.17. The first-order chi connectivity index (χ1) is 16.2. The van der Waals surface area contributed by atoms with Crippen LogP contribution in [0.5, 0.6) is 5.75 Å². The van der Waals surface area contributed by atoms with E-state index in [0.29, 0.717) is 37.6 Å². The number of hydrogen-bond donors (Lipinski definition) is 1. The van der Waals surface area contributed by atoms with Gasteiger partial charge in [0.1, 0.15) is 18.2 Å². The van der Waals surface area contributed by atoms with E-state index >= 15 is 0 Å². The summed E-state index contributed by atoms with van der Waals surface area (Å²) >= 11 is 0. The van der Waals surface area contributed by atoms with Crippen molar-refractivity contribution in [1.29, 1.82) is 0 Å². The van der Waals surface area contributed by atoms with Crippen molar-refractivity contribution in [2.24, 2.45) is 0 Å². The maximum atomic E-state index is 12.3. The molecule has 0 unspecified atom stereocenters. The number of carbonyl (C=O) groups is 2. The van der Waals surface area contributed by atoms with E-state index in [-0.39, 0.29) is 5.78 Å². The standard InChI is InChI=1S/C24H33N5O5/c1-16-27-28-23-22(25-12-8-6-7-9-21(31)24(3,4)34-17(2)30)26-19-15-18(33-14-13-32-5)10-11-20(19)29(16)23/h10-11,15H,6-9,12-14H2,1-5H3,(H,25,26). The fourth-order valence-corrected chi connectivity index (χ4v) is 3.72. The number of ether oxygens (including phenoxy) is 3. The van der Waals surface area contributed by atoms with Gasteiger partial charge in [-0.1, -0.05) is 6.42 Å². The summed E-state index contributed by atoms with van der Waals surface area (Å²) in [6.45, 7) is 8.11. The highest BCUT2D eigenvalue weighted by atomic mass is 16.6. The maximum Gasteiger partial charge on any atom is 0.303 e. The summed E-state index contributed by atoms with van der Waals surface area (Å²) in [6, 6.07) is 5.74. The zero-order chi connectivity index (χ0) is 24.7. The smallest absolute Gasteiger partial charge is 0.303 e. The van der Waals surface area contributed by atoms with Gasteiger partial charge >= 0.3 is 5.97 Å². The largest absolute Gasteiger partial charge is 0.491 e. The number of hydrogen-bond acceptors (Lipinski definition) is 9. The van der Waals surface area contributed by atoms with Gasteiger partial charge in [0.05, 0.1) is 17.6 Å². The van der Waals surface area contributed by atoms with Crippen molar-refractivity contribution >= 4 is 34.3 Å². The minimum absolute atomic E-state index is 0.0731. The molecule has 0 saturated heterocycles. The number of unbranched alkanes of at least 4 members (excludes halogenated alkanes) is 2. The first-order valence-corrected chi connectivity index (χ1v) is 11.5. The number of esters is 1. The van der Waals surface area contributed by atoms with Crippen molar-refractivity contribution in [3.05, 3.63) is 24.0 Å². The van der Waals surface area contributed by atoms with Crippen LogP contribution in [-0.2, 0) is 19.1 Å². The van der Waals surface area contributed by atoms with E-state index in [1.165, 1.54) is 6.92 Å². The topological polar surface area (TPSA) is 117 Å². The number of aryl methyl sites for hydroxylation is 1. The Kier molecular flexibility index (Phi) is 8.38. The molecule has 1 N–H and O–H groups in total. The number of nitrogens with one attached hydrogen (secondary N) is 1. The Balaban J connectivity index is 1.61. The maximum absolute atomic E-state index is 12.3. The molecular weight excluding hydrogens is 438 g/mol. The summed E-state index contributed by atoms with van der Waals surface area (Å²) in [5, 5.41) is 11.9. The van der Waals surface area contributed by atoms with Crippen LogP contribution in [-0.4, -0.2) is 63.8 Å². The third-order valence-corrected chi connectivity index (χ3v) is 5.46. The van der Waals surface area contributed by atoms with E-state index in [1.54, 1.807) is 21.0 Å². The Hall–Kier alpha value is -3.27. The van der Waals surface area contributed by atoms with E-state index < -0.39 is 11.6 Å². The molecule has 0 aliphatic carbocycles. The van der Waals surface area contributed by atoms with Gasteiger partial charge < -0.3 is 19.5 Å². The van der Waals surface area contributed by atoms with Crippen LogP contribution in [0.2, 0.25) is 0 Å². The number of rotatable bonds is 13. The summed E-state index contributed by atoms with van der Waals surface area (Å²) in [5.74, 6) is 1.61. The van der Waals surface area contributed by atoms with E-state index in [1.807, 2.05) is 29.5 Å². The van der Waals surface area contributed by atoms with Crippen LogP contribution in [0.4, 0.5) is 5.82 Å².